The zero-order valence-electron chi connectivity index (χ0n) is 18.5. The van der Waals surface area contributed by atoms with Crippen LogP contribution in [0.5, 0.6) is 11.5 Å². The molecule has 0 atom stereocenters. The largest absolute Gasteiger partial charge is 0.432 e. The topological polar surface area (TPSA) is 42.2 Å². The molecule has 0 amide bonds. The van der Waals surface area contributed by atoms with E-state index in [1.807, 2.05) is 6.92 Å². The number of hydrogen-bond acceptors (Lipinski definition) is 3. The summed E-state index contributed by atoms with van der Waals surface area (Å²) in [7, 11) is 0. The summed E-state index contributed by atoms with van der Waals surface area (Å²) in [6.07, 6.45) is -7.04. The van der Waals surface area contributed by atoms with E-state index in [1.54, 1.807) is 0 Å². The average Bonchev–Trinajstić information content (AvgIpc) is 2.76. The highest BCUT2D eigenvalue weighted by molar-refractivity contribution is 5.39. The second-order valence-electron chi connectivity index (χ2n) is 7.67. The Labute approximate surface area is 200 Å². The normalized spacial score (nSPS) is 11.8. The zero-order chi connectivity index (χ0) is 26.7. The van der Waals surface area contributed by atoms with Gasteiger partial charge in [0.2, 0.25) is 0 Å². The number of aryl methyl sites for hydroxylation is 1. The standard InChI is InChI=1S/C25H17F8NO2/c1-2-3-4-14-9-21(28)23(22(29)10-14)25(32,33)35-16-7-5-15(6-8-16)24(30,31)36-17-11-19(26)18(13-34)20(27)12-17/h5-12H,2-4H2,1H3. The van der Waals surface area contributed by atoms with E-state index in [0.717, 1.165) is 18.6 Å². The van der Waals surface area contributed by atoms with Crippen molar-refractivity contribution in [2.45, 2.75) is 38.4 Å². The van der Waals surface area contributed by atoms with Crippen molar-refractivity contribution in [3.63, 3.8) is 0 Å². The molecule has 0 saturated carbocycles. The third-order valence-corrected chi connectivity index (χ3v) is 5.02. The van der Waals surface area contributed by atoms with Gasteiger partial charge in [0.05, 0.1) is 5.56 Å². The van der Waals surface area contributed by atoms with Crippen molar-refractivity contribution in [1.82, 2.24) is 0 Å². The minimum absolute atomic E-state index is 0.194. The van der Waals surface area contributed by atoms with Crippen molar-refractivity contribution in [2.75, 3.05) is 0 Å². The first-order chi connectivity index (χ1) is 16.9. The highest BCUT2D eigenvalue weighted by atomic mass is 19.3. The van der Waals surface area contributed by atoms with Crippen LogP contribution in [-0.4, -0.2) is 0 Å². The van der Waals surface area contributed by atoms with E-state index in [9.17, 15) is 35.1 Å². The van der Waals surface area contributed by atoms with Crippen LogP contribution < -0.4 is 9.47 Å². The Balaban J connectivity index is 1.79. The molecule has 0 heterocycles. The molecule has 0 fully saturated rings. The van der Waals surface area contributed by atoms with Crippen LogP contribution >= 0.6 is 0 Å². The van der Waals surface area contributed by atoms with Gasteiger partial charge in [-0.1, -0.05) is 13.3 Å². The molecule has 0 bridgehead atoms. The van der Waals surface area contributed by atoms with Crippen LogP contribution in [0.25, 0.3) is 0 Å². The predicted octanol–water partition coefficient (Wildman–Crippen LogP) is 7.71. The van der Waals surface area contributed by atoms with Gasteiger partial charge in [0, 0.05) is 12.1 Å². The maximum absolute atomic E-state index is 14.5. The minimum atomic E-state index is -4.48. The van der Waals surface area contributed by atoms with Gasteiger partial charge in [-0.05, 0) is 54.8 Å². The molecule has 0 radical (unpaired) electrons. The van der Waals surface area contributed by atoms with Crippen molar-refractivity contribution in [2.24, 2.45) is 0 Å². The first kappa shape index (κ1) is 26.8. The molecule has 0 aliphatic carbocycles. The fourth-order valence-electron chi connectivity index (χ4n) is 3.27. The van der Waals surface area contributed by atoms with Crippen molar-refractivity contribution >= 4 is 0 Å². The monoisotopic (exact) mass is 515 g/mol. The lowest BCUT2D eigenvalue weighted by Crippen LogP contribution is -2.26. The number of benzene rings is 3. The number of unbranched alkanes of at least 4 members (excludes halogenated alkanes) is 1. The Bertz CT molecular complexity index is 1240. The second-order valence-corrected chi connectivity index (χ2v) is 7.67. The Kier molecular flexibility index (Phi) is 7.77. The number of alkyl halides is 4. The number of nitrogens with zero attached hydrogens (tertiary/aromatic N) is 1. The molecule has 0 aromatic heterocycles. The highest BCUT2D eigenvalue weighted by Crippen LogP contribution is 2.38. The quantitative estimate of drug-likeness (QED) is 0.274. The van der Waals surface area contributed by atoms with E-state index < -0.39 is 63.7 Å². The van der Waals surface area contributed by atoms with Crippen LogP contribution in [0, 0.1) is 34.6 Å². The van der Waals surface area contributed by atoms with Crippen LogP contribution in [0.2, 0.25) is 0 Å². The van der Waals surface area contributed by atoms with Crippen molar-refractivity contribution in [1.29, 1.82) is 5.26 Å². The molecule has 0 saturated heterocycles. The zero-order valence-corrected chi connectivity index (χ0v) is 18.5. The molecule has 0 spiro atoms. The molecule has 0 aliphatic rings. The maximum Gasteiger partial charge on any atom is 0.432 e. The summed E-state index contributed by atoms with van der Waals surface area (Å²) in [5.41, 5.74) is -3.34. The van der Waals surface area contributed by atoms with Gasteiger partial charge in [-0.3, -0.25) is 0 Å². The number of ether oxygens (including phenoxy) is 2. The van der Waals surface area contributed by atoms with Crippen LogP contribution in [0.1, 0.15) is 42.0 Å². The van der Waals surface area contributed by atoms with Crippen molar-refractivity contribution < 1.29 is 44.6 Å². The van der Waals surface area contributed by atoms with Crippen molar-refractivity contribution in [3.8, 4) is 17.6 Å². The lowest BCUT2D eigenvalue weighted by atomic mass is 10.0. The van der Waals surface area contributed by atoms with E-state index >= 15 is 0 Å². The molecule has 190 valence electrons. The van der Waals surface area contributed by atoms with Gasteiger partial charge in [-0.25, -0.2) is 17.6 Å². The fraction of sp³-hybridized carbons (Fsp3) is 0.240. The van der Waals surface area contributed by atoms with Gasteiger partial charge in [-0.15, -0.1) is 0 Å². The molecule has 3 nitrogen and oxygen atoms in total. The molecule has 0 N–H and O–H groups in total. The van der Waals surface area contributed by atoms with Gasteiger partial charge in [0.1, 0.15) is 52.0 Å². The summed E-state index contributed by atoms with van der Waals surface area (Å²) in [5.74, 6) is -7.54. The Morgan fingerprint density at radius 1 is 0.750 bits per heavy atom. The van der Waals surface area contributed by atoms with Gasteiger partial charge < -0.3 is 9.47 Å². The van der Waals surface area contributed by atoms with E-state index in [4.69, 9.17) is 5.26 Å². The summed E-state index contributed by atoms with van der Waals surface area (Å²) >= 11 is 0. The maximum atomic E-state index is 14.5. The third-order valence-electron chi connectivity index (χ3n) is 5.02. The first-order valence-electron chi connectivity index (χ1n) is 10.5. The molecule has 3 aromatic carbocycles. The third kappa shape index (κ3) is 5.87. The second kappa shape index (κ2) is 10.4. The molecule has 3 aromatic rings. The van der Waals surface area contributed by atoms with Crippen LogP contribution in [0.15, 0.2) is 48.5 Å². The minimum Gasteiger partial charge on any atom is -0.429 e. The predicted molar refractivity (Wildman–Crippen MR) is 112 cm³/mol. The summed E-state index contributed by atoms with van der Waals surface area (Å²) in [4.78, 5) is 0. The number of hydrogen-bond donors (Lipinski definition) is 0. The SMILES string of the molecule is CCCCc1cc(F)c(C(F)(F)Oc2ccc(C(F)(F)Oc3cc(F)c(C#N)c(F)c3)cc2)c(F)c1. The van der Waals surface area contributed by atoms with Gasteiger partial charge in [-0.2, -0.15) is 22.8 Å². The van der Waals surface area contributed by atoms with Gasteiger partial charge in [0.15, 0.2) is 0 Å². The Morgan fingerprint density at radius 2 is 1.28 bits per heavy atom. The summed E-state index contributed by atoms with van der Waals surface area (Å²) < 4.78 is 122. The van der Waals surface area contributed by atoms with Crippen LogP contribution in [-0.2, 0) is 18.6 Å². The fourth-order valence-corrected chi connectivity index (χ4v) is 3.27. The highest BCUT2D eigenvalue weighted by Gasteiger charge is 2.41. The van der Waals surface area contributed by atoms with Gasteiger partial charge in [0.25, 0.3) is 0 Å². The summed E-state index contributed by atoms with van der Waals surface area (Å²) in [6, 6.07) is 6.11. The number of rotatable bonds is 9. The van der Waals surface area contributed by atoms with E-state index in [1.165, 1.54) is 6.07 Å². The molecule has 3 rings (SSSR count). The van der Waals surface area contributed by atoms with E-state index in [-0.39, 0.29) is 12.0 Å². The van der Waals surface area contributed by atoms with Crippen molar-refractivity contribution in [3.05, 3.63) is 94.1 Å². The van der Waals surface area contributed by atoms with E-state index in [2.05, 4.69) is 9.47 Å². The Hall–Kier alpha value is -3.81. The number of nitriles is 1. The lowest BCUT2D eigenvalue weighted by Gasteiger charge is -2.21. The molecular formula is C25H17F8NO2. The summed E-state index contributed by atoms with van der Waals surface area (Å²) in [6.45, 7) is 1.85. The smallest absolute Gasteiger partial charge is 0.429 e. The molecule has 36 heavy (non-hydrogen) atoms. The lowest BCUT2D eigenvalue weighted by molar-refractivity contribution is -0.190. The summed E-state index contributed by atoms with van der Waals surface area (Å²) in [5, 5.41) is 8.63. The van der Waals surface area contributed by atoms with Gasteiger partial charge >= 0.3 is 12.2 Å². The Morgan fingerprint density at radius 3 is 1.78 bits per heavy atom. The molecular weight excluding hydrogens is 498 g/mol. The van der Waals surface area contributed by atoms with E-state index in [0.29, 0.717) is 42.8 Å². The molecule has 0 aliphatic heterocycles. The molecule has 11 heteroatoms. The number of halogens is 8. The first-order valence-corrected chi connectivity index (χ1v) is 10.5. The molecule has 0 unspecified atom stereocenters. The van der Waals surface area contributed by atoms with Crippen LogP contribution in [0.4, 0.5) is 35.1 Å². The average molecular weight is 515 g/mol. The van der Waals surface area contributed by atoms with Crippen LogP contribution in [0.3, 0.4) is 0 Å².